The molecule has 1 unspecified atom stereocenters. The van der Waals surface area contributed by atoms with E-state index in [1.54, 1.807) is 22.6 Å². The highest BCUT2D eigenvalue weighted by Gasteiger charge is 2.38. The zero-order valence-corrected chi connectivity index (χ0v) is 33.7. The molecule has 1 amide bonds. The Balaban J connectivity index is 1.28. The van der Waals surface area contributed by atoms with Crippen LogP contribution in [0.3, 0.4) is 0 Å². The first-order valence-corrected chi connectivity index (χ1v) is 19.6. The highest BCUT2D eigenvalue weighted by atomic mass is 35.5. The number of carbonyl (C=O) groups excluding carboxylic acids is 1. The van der Waals surface area contributed by atoms with Crippen LogP contribution in [-0.4, -0.2) is 55.7 Å². The fraction of sp³-hybridized carbons (Fsp3) is 0.372. The Morgan fingerprint density at radius 1 is 0.945 bits per heavy atom. The first kappa shape index (κ1) is 37.0. The molecule has 6 aromatic rings. The summed E-state index contributed by atoms with van der Waals surface area (Å²) in [4.78, 5) is 29.4. The van der Waals surface area contributed by atoms with Gasteiger partial charge in [0.2, 0.25) is 0 Å². The minimum absolute atomic E-state index is 0.135. The van der Waals surface area contributed by atoms with Gasteiger partial charge in [-0.1, -0.05) is 29.3 Å². The van der Waals surface area contributed by atoms with Crippen LogP contribution < -0.4 is 14.4 Å². The van der Waals surface area contributed by atoms with Gasteiger partial charge in [0, 0.05) is 65.4 Å². The number of carbonyl (C=O) groups is 2. The van der Waals surface area contributed by atoms with E-state index >= 15 is 4.79 Å². The summed E-state index contributed by atoms with van der Waals surface area (Å²) in [6, 6.07) is 13.1. The number of rotatable bonds is 11. The quantitative estimate of drug-likeness (QED) is 0.131. The molecular weight excluding hydrogens is 737 g/mol. The molecule has 0 radical (unpaired) electrons. The molecule has 8 rings (SSSR count). The smallest absolute Gasteiger partial charge is 0.352 e. The lowest BCUT2D eigenvalue weighted by atomic mass is 9.98. The molecule has 12 heteroatoms. The number of hydrogen-bond acceptors (Lipinski definition) is 5. The third-order valence-corrected chi connectivity index (χ3v) is 12.2. The standard InChI is InChI=1S/C43H45Cl2N5O5/c1-22-15-29(16-23(2)38(22)45)54-14-8-9-31-32-12-13-33(44)37(36-25(4)46-48(7)26(36)5)40(32)50-24(3)20-49(42(51)41(31)50)34-19-30(55-21-27-10-11-27)17-28-18-35(43(52)53)47(6)39(28)34/h12-13,15-19,24,27H,8-11,14,20-21H2,1-7H3,(H,52,53). The van der Waals surface area contributed by atoms with Gasteiger partial charge in [-0.3, -0.25) is 9.48 Å². The molecule has 2 aliphatic rings. The molecule has 1 aliphatic carbocycles. The number of aryl methyl sites for hydroxylation is 6. The Hall–Kier alpha value is -4.93. The number of carboxylic acid groups (broad SMARTS) is 1. The van der Waals surface area contributed by atoms with Crippen molar-refractivity contribution >= 4 is 62.6 Å². The van der Waals surface area contributed by atoms with Crippen molar-refractivity contribution in [3.8, 4) is 22.6 Å². The van der Waals surface area contributed by atoms with Gasteiger partial charge >= 0.3 is 5.97 Å². The van der Waals surface area contributed by atoms with Gasteiger partial charge in [0.1, 0.15) is 22.9 Å². The Bertz CT molecular complexity index is 2540. The van der Waals surface area contributed by atoms with Crippen LogP contribution in [0.1, 0.15) is 81.3 Å². The van der Waals surface area contributed by atoms with Crippen LogP contribution >= 0.6 is 23.2 Å². The predicted molar refractivity (Wildman–Crippen MR) is 218 cm³/mol. The molecular formula is C43H45Cl2N5O5. The van der Waals surface area contributed by atoms with Crippen LogP contribution in [0.5, 0.6) is 11.5 Å². The van der Waals surface area contributed by atoms with Crippen molar-refractivity contribution in [2.45, 2.75) is 66.3 Å². The van der Waals surface area contributed by atoms with Gasteiger partial charge in [-0.05, 0) is 113 Å². The van der Waals surface area contributed by atoms with Crippen molar-refractivity contribution in [3.05, 3.63) is 92.0 Å². The number of amides is 1. The van der Waals surface area contributed by atoms with Gasteiger partial charge in [0.25, 0.3) is 5.91 Å². The van der Waals surface area contributed by atoms with E-state index in [4.69, 9.17) is 37.8 Å². The van der Waals surface area contributed by atoms with E-state index in [9.17, 15) is 9.90 Å². The highest BCUT2D eigenvalue weighted by Crippen LogP contribution is 2.46. The molecule has 0 bridgehead atoms. The van der Waals surface area contributed by atoms with Crippen molar-refractivity contribution in [1.82, 2.24) is 18.9 Å². The maximum absolute atomic E-state index is 15.3. The number of carboxylic acids is 1. The zero-order valence-electron chi connectivity index (χ0n) is 32.2. The summed E-state index contributed by atoms with van der Waals surface area (Å²) in [6.07, 6.45) is 3.47. The summed E-state index contributed by atoms with van der Waals surface area (Å²) >= 11 is 13.6. The number of nitrogens with zero attached hydrogens (tertiary/aromatic N) is 5. The Labute approximate surface area is 330 Å². The minimum atomic E-state index is -1.04. The van der Waals surface area contributed by atoms with Gasteiger partial charge in [0.05, 0.1) is 40.7 Å². The summed E-state index contributed by atoms with van der Waals surface area (Å²) in [7, 11) is 3.66. The molecule has 4 heterocycles. The number of hydrogen-bond donors (Lipinski definition) is 1. The molecule has 55 heavy (non-hydrogen) atoms. The van der Waals surface area contributed by atoms with Gasteiger partial charge in [-0.25, -0.2) is 4.79 Å². The number of ether oxygens (including phenoxy) is 2. The zero-order chi connectivity index (χ0) is 39.0. The monoisotopic (exact) mass is 781 g/mol. The summed E-state index contributed by atoms with van der Waals surface area (Å²) in [6.45, 7) is 11.4. The second kappa shape index (κ2) is 14.0. The topological polar surface area (TPSA) is 104 Å². The number of aromatic nitrogens is 4. The third kappa shape index (κ3) is 6.33. The third-order valence-electron chi connectivity index (χ3n) is 11.3. The van der Waals surface area contributed by atoms with Crippen LogP contribution in [-0.2, 0) is 20.5 Å². The molecule has 1 atom stereocenters. The molecule has 10 nitrogen and oxygen atoms in total. The second-order valence-electron chi connectivity index (χ2n) is 15.3. The number of halogens is 2. The molecule has 1 fully saturated rings. The first-order chi connectivity index (χ1) is 26.2. The fourth-order valence-electron chi connectivity index (χ4n) is 8.38. The van der Waals surface area contributed by atoms with Gasteiger partial charge in [-0.2, -0.15) is 5.10 Å². The molecule has 3 aromatic heterocycles. The van der Waals surface area contributed by atoms with E-state index in [1.807, 2.05) is 75.8 Å². The summed E-state index contributed by atoms with van der Waals surface area (Å²) in [5.41, 5.74) is 9.37. The van der Waals surface area contributed by atoms with Crippen molar-refractivity contribution < 1.29 is 24.2 Å². The Morgan fingerprint density at radius 2 is 1.65 bits per heavy atom. The number of benzene rings is 3. The summed E-state index contributed by atoms with van der Waals surface area (Å²) in [5.74, 6) is 0.679. The molecule has 1 N–H and O–H groups in total. The maximum Gasteiger partial charge on any atom is 0.352 e. The summed E-state index contributed by atoms with van der Waals surface area (Å²) in [5, 5.41) is 17.8. The molecule has 3 aromatic carbocycles. The van der Waals surface area contributed by atoms with Crippen LogP contribution in [0.2, 0.25) is 10.0 Å². The van der Waals surface area contributed by atoms with Crippen molar-refractivity contribution in [3.63, 3.8) is 0 Å². The lowest BCUT2D eigenvalue weighted by Gasteiger charge is -2.35. The number of anilines is 1. The van der Waals surface area contributed by atoms with E-state index in [2.05, 4.69) is 11.5 Å². The van der Waals surface area contributed by atoms with E-state index in [1.165, 1.54) is 0 Å². The summed E-state index contributed by atoms with van der Waals surface area (Å²) < 4.78 is 18.2. The average molecular weight is 783 g/mol. The van der Waals surface area contributed by atoms with E-state index in [0.717, 1.165) is 73.7 Å². The molecule has 1 saturated carbocycles. The van der Waals surface area contributed by atoms with E-state index < -0.39 is 5.97 Å². The number of aromatic carboxylic acids is 1. The molecule has 1 aliphatic heterocycles. The number of fused-ring (bicyclic) bond motifs is 4. The van der Waals surface area contributed by atoms with Crippen LogP contribution in [0, 0.1) is 33.6 Å². The minimum Gasteiger partial charge on any atom is -0.494 e. The highest BCUT2D eigenvalue weighted by molar-refractivity contribution is 6.35. The largest absolute Gasteiger partial charge is 0.494 e. The molecule has 0 saturated heterocycles. The second-order valence-corrected chi connectivity index (χ2v) is 16.1. The normalized spacial score (nSPS) is 15.7. The van der Waals surface area contributed by atoms with Crippen molar-refractivity contribution in [2.75, 3.05) is 24.7 Å². The van der Waals surface area contributed by atoms with Crippen LogP contribution in [0.4, 0.5) is 5.69 Å². The van der Waals surface area contributed by atoms with E-state index in [-0.39, 0.29) is 17.6 Å². The Morgan fingerprint density at radius 3 is 2.31 bits per heavy atom. The van der Waals surface area contributed by atoms with Crippen LogP contribution in [0.25, 0.3) is 32.9 Å². The van der Waals surface area contributed by atoms with Crippen LogP contribution in [0.15, 0.2) is 42.5 Å². The lowest BCUT2D eigenvalue weighted by molar-refractivity contribution is 0.0687. The Kier molecular flexibility index (Phi) is 9.41. The molecule has 286 valence electrons. The first-order valence-electron chi connectivity index (χ1n) is 18.8. The maximum atomic E-state index is 15.3. The fourth-order valence-corrected chi connectivity index (χ4v) is 8.74. The van der Waals surface area contributed by atoms with Gasteiger partial charge in [-0.15, -0.1) is 0 Å². The van der Waals surface area contributed by atoms with Crippen molar-refractivity contribution in [1.29, 1.82) is 0 Å². The SMILES string of the molecule is Cc1cc(OCCCc2c3n(c4c(-c5c(C)nn(C)c5C)c(Cl)ccc24)C(C)CN(c2cc(OCC4CC4)cc4cc(C(=O)O)n(C)c24)C3=O)cc(C)c1Cl. The van der Waals surface area contributed by atoms with E-state index in [0.29, 0.717) is 71.6 Å². The average Bonchev–Trinajstić information content (AvgIpc) is 3.76. The predicted octanol–water partition coefficient (Wildman–Crippen LogP) is 9.79. The molecule has 0 spiro atoms. The van der Waals surface area contributed by atoms with Crippen molar-refractivity contribution in [2.24, 2.45) is 20.0 Å². The lowest BCUT2D eigenvalue weighted by Crippen LogP contribution is -2.43. The van der Waals surface area contributed by atoms with Gasteiger partial charge < -0.3 is 28.6 Å². The van der Waals surface area contributed by atoms with Gasteiger partial charge in [0.15, 0.2) is 0 Å².